The molecule has 2 N–H and O–H groups in total. The van der Waals surface area contributed by atoms with Gasteiger partial charge in [-0.3, -0.25) is 4.79 Å². The van der Waals surface area contributed by atoms with Gasteiger partial charge in [-0.2, -0.15) is 0 Å². The van der Waals surface area contributed by atoms with Crippen molar-refractivity contribution >= 4 is 17.6 Å². The van der Waals surface area contributed by atoms with E-state index in [0.29, 0.717) is 16.9 Å². The summed E-state index contributed by atoms with van der Waals surface area (Å²) in [6, 6.07) is 5.31. The van der Waals surface area contributed by atoms with Crippen LogP contribution in [-0.4, -0.2) is 47.1 Å². The normalized spacial score (nSPS) is 14.9. The number of nitrogens with one attached hydrogen (secondary N) is 2. The molecule has 0 atom stereocenters. The Bertz CT molecular complexity index is 824. The molecule has 1 saturated heterocycles. The Balaban J connectivity index is 1.75. The second kappa shape index (κ2) is 7.65. The molecule has 1 aliphatic heterocycles. The molecule has 3 rings (SSSR count). The van der Waals surface area contributed by atoms with E-state index in [4.69, 9.17) is 4.74 Å². The molecule has 0 saturated carbocycles. The van der Waals surface area contributed by atoms with Gasteiger partial charge in [-0.05, 0) is 63.5 Å². The highest BCUT2D eigenvalue weighted by atomic mass is 16.5. The van der Waals surface area contributed by atoms with Crippen LogP contribution < -0.4 is 10.6 Å². The van der Waals surface area contributed by atoms with Gasteiger partial charge < -0.3 is 15.4 Å². The number of aryl methyl sites for hydroxylation is 1. The third-order valence-corrected chi connectivity index (χ3v) is 4.69. The zero-order valence-electron chi connectivity index (χ0n) is 15.2. The van der Waals surface area contributed by atoms with Crippen molar-refractivity contribution in [3.63, 3.8) is 0 Å². The standard InChI is InChI=1S/C18H23N5O3/c1-11-10-13(4-5-15(11)18(25)26-3)20-17(24)16-12(2)23(22-21-16)14-6-8-19-9-7-14/h4-5,10,14,19H,6-9H2,1-3H3,(H,20,24). The summed E-state index contributed by atoms with van der Waals surface area (Å²) >= 11 is 0. The van der Waals surface area contributed by atoms with Crippen LogP contribution >= 0.6 is 0 Å². The summed E-state index contributed by atoms with van der Waals surface area (Å²) in [4.78, 5) is 24.2. The summed E-state index contributed by atoms with van der Waals surface area (Å²) in [5.41, 5.74) is 2.87. The van der Waals surface area contributed by atoms with Crippen molar-refractivity contribution in [1.29, 1.82) is 0 Å². The maximum atomic E-state index is 12.6. The van der Waals surface area contributed by atoms with Crippen LogP contribution in [0.2, 0.25) is 0 Å². The molecule has 8 nitrogen and oxygen atoms in total. The minimum atomic E-state index is -0.402. The van der Waals surface area contributed by atoms with Crippen molar-refractivity contribution < 1.29 is 14.3 Å². The van der Waals surface area contributed by atoms with E-state index in [-0.39, 0.29) is 11.9 Å². The van der Waals surface area contributed by atoms with E-state index in [9.17, 15) is 9.59 Å². The zero-order chi connectivity index (χ0) is 18.7. The van der Waals surface area contributed by atoms with E-state index >= 15 is 0 Å². The number of benzene rings is 1. The minimum Gasteiger partial charge on any atom is -0.465 e. The van der Waals surface area contributed by atoms with E-state index < -0.39 is 5.97 Å². The Kier molecular flexibility index (Phi) is 5.32. The molecule has 26 heavy (non-hydrogen) atoms. The van der Waals surface area contributed by atoms with Crippen LogP contribution in [0.15, 0.2) is 18.2 Å². The Hall–Kier alpha value is -2.74. The van der Waals surface area contributed by atoms with Gasteiger partial charge in [0.25, 0.3) is 5.91 Å². The lowest BCUT2D eigenvalue weighted by molar-refractivity contribution is 0.0600. The molecule has 1 aromatic heterocycles. The zero-order valence-corrected chi connectivity index (χ0v) is 15.2. The number of aromatic nitrogens is 3. The molecule has 0 unspecified atom stereocenters. The van der Waals surface area contributed by atoms with Crippen LogP contribution in [0.3, 0.4) is 0 Å². The van der Waals surface area contributed by atoms with Gasteiger partial charge in [0.2, 0.25) is 0 Å². The second-order valence-electron chi connectivity index (χ2n) is 6.42. The Morgan fingerprint density at radius 2 is 2.00 bits per heavy atom. The number of carbonyl (C=O) groups excluding carboxylic acids is 2. The molecule has 0 bridgehead atoms. The molecule has 1 aromatic carbocycles. The Morgan fingerprint density at radius 1 is 1.27 bits per heavy atom. The van der Waals surface area contributed by atoms with Crippen LogP contribution in [0.4, 0.5) is 5.69 Å². The Morgan fingerprint density at radius 3 is 2.65 bits per heavy atom. The number of methoxy groups -OCH3 is 1. The average molecular weight is 357 g/mol. The van der Waals surface area contributed by atoms with E-state index in [2.05, 4.69) is 20.9 Å². The summed E-state index contributed by atoms with van der Waals surface area (Å²) in [5.74, 6) is -0.714. The van der Waals surface area contributed by atoms with Crippen molar-refractivity contribution in [1.82, 2.24) is 20.3 Å². The fourth-order valence-electron chi connectivity index (χ4n) is 3.22. The molecule has 1 aliphatic rings. The molecular formula is C18H23N5O3. The van der Waals surface area contributed by atoms with E-state index in [0.717, 1.165) is 37.2 Å². The van der Waals surface area contributed by atoms with E-state index in [1.165, 1.54) is 7.11 Å². The summed E-state index contributed by atoms with van der Waals surface area (Å²) in [5, 5.41) is 14.4. The van der Waals surface area contributed by atoms with Crippen molar-refractivity contribution in [3.05, 3.63) is 40.7 Å². The molecular weight excluding hydrogens is 334 g/mol. The summed E-state index contributed by atoms with van der Waals surface area (Å²) in [7, 11) is 1.34. The number of hydrogen-bond acceptors (Lipinski definition) is 6. The molecule has 138 valence electrons. The topological polar surface area (TPSA) is 98.1 Å². The fourth-order valence-corrected chi connectivity index (χ4v) is 3.22. The van der Waals surface area contributed by atoms with Crippen LogP contribution in [0, 0.1) is 13.8 Å². The second-order valence-corrected chi connectivity index (χ2v) is 6.42. The first-order valence-electron chi connectivity index (χ1n) is 8.64. The van der Waals surface area contributed by atoms with Crippen LogP contribution in [-0.2, 0) is 4.74 Å². The maximum absolute atomic E-state index is 12.6. The summed E-state index contributed by atoms with van der Waals surface area (Å²) in [6.45, 7) is 5.54. The predicted molar refractivity (Wildman–Crippen MR) is 96.4 cm³/mol. The minimum absolute atomic E-state index is 0.270. The highest BCUT2D eigenvalue weighted by Crippen LogP contribution is 2.21. The third-order valence-electron chi connectivity index (χ3n) is 4.69. The van der Waals surface area contributed by atoms with Crippen molar-refractivity contribution in [2.24, 2.45) is 0 Å². The molecule has 0 spiro atoms. The van der Waals surface area contributed by atoms with Gasteiger partial charge in [-0.25, -0.2) is 9.48 Å². The van der Waals surface area contributed by atoms with E-state index in [1.807, 2.05) is 11.6 Å². The van der Waals surface area contributed by atoms with Crippen molar-refractivity contribution in [3.8, 4) is 0 Å². The third kappa shape index (κ3) is 3.60. The lowest BCUT2D eigenvalue weighted by Crippen LogP contribution is -2.30. The highest BCUT2D eigenvalue weighted by molar-refractivity contribution is 6.04. The molecule has 1 fully saturated rings. The molecule has 0 aliphatic carbocycles. The first-order chi connectivity index (χ1) is 12.5. The number of rotatable bonds is 4. The molecule has 0 radical (unpaired) electrons. The number of carbonyl (C=O) groups is 2. The molecule has 2 heterocycles. The molecule has 2 aromatic rings. The van der Waals surface area contributed by atoms with Crippen LogP contribution in [0.1, 0.15) is 51.0 Å². The number of hydrogen-bond donors (Lipinski definition) is 2. The quantitative estimate of drug-likeness (QED) is 0.811. The molecule has 1 amide bonds. The highest BCUT2D eigenvalue weighted by Gasteiger charge is 2.23. The van der Waals surface area contributed by atoms with Gasteiger partial charge in [-0.15, -0.1) is 5.10 Å². The first-order valence-corrected chi connectivity index (χ1v) is 8.64. The van der Waals surface area contributed by atoms with Gasteiger partial charge in [0.15, 0.2) is 5.69 Å². The van der Waals surface area contributed by atoms with Gasteiger partial charge in [0.05, 0.1) is 24.4 Å². The van der Waals surface area contributed by atoms with Crippen LogP contribution in [0.25, 0.3) is 0 Å². The fraction of sp³-hybridized carbons (Fsp3) is 0.444. The maximum Gasteiger partial charge on any atom is 0.338 e. The van der Waals surface area contributed by atoms with Gasteiger partial charge >= 0.3 is 5.97 Å². The van der Waals surface area contributed by atoms with E-state index in [1.54, 1.807) is 25.1 Å². The van der Waals surface area contributed by atoms with Gasteiger partial charge in [-0.1, -0.05) is 5.21 Å². The largest absolute Gasteiger partial charge is 0.465 e. The summed E-state index contributed by atoms with van der Waals surface area (Å²) in [6.07, 6.45) is 1.94. The number of esters is 1. The monoisotopic (exact) mass is 357 g/mol. The number of amides is 1. The number of anilines is 1. The Labute approximate surface area is 151 Å². The lowest BCUT2D eigenvalue weighted by atomic mass is 10.1. The van der Waals surface area contributed by atoms with Gasteiger partial charge in [0.1, 0.15) is 0 Å². The number of ether oxygens (including phenoxy) is 1. The lowest BCUT2D eigenvalue weighted by Gasteiger charge is -2.23. The smallest absolute Gasteiger partial charge is 0.338 e. The summed E-state index contributed by atoms with van der Waals surface area (Å²) < 4.78 is 6.58. The number of piperidine rings is 1. The number of nitrogens with zero attached hydrogens (tertiary/aromatic N) is 3. The average Bonchev–Trinajstić information content (AvgIpc) is 3.03. The van der Waals surface area contributed by atoms with Gasteiger partial charge in [0, 0.05) is 5.69 Å². The van der Waals surface area contributed by atoms with Crippen LogP contribution in [0.5, 0.6) is 0 Å². The van der Waals surface area contributed by atoms with Crippen molar-refractivity contribution in [2.45, 2.75) is 32.7 Å². The first kappa shape index (κ1) is 18.1. The SMILES string of the molecule is COC(=O)c1ccc(NC(=O)c2nnn(C3CCNCC3)c2C)cc1C. The molecule has 8 heteroatoms. The predicted octanol–water partition coefficient (Wildman–Crippen LogP) is 1.86. The van der Waals surface area contributed by atoms with Crippen molar-refractivity contribution in [2.75, 3.05) is 25.5 Å².